The minimum Gasteiger partial charge on any atom is -0.493 e. The third-order valence-electron chi connectivity index (χ3n) is 3.39. The molecule has 0 saturated carbocycles. The SMILES string of the molecule is CCOc1c(Cl)cc(C(=O)Nc2cccc(C(=O)NC)c2)cc1OC. The highest BCUT2D eigenvalue weighted by Crippen LogP contribution is 2.36. The van der Waals surface area contributed by atoms with Crippen LogP contribution in [0.25, 0.3) is 0 Å². The molecule has 0 atom stereocenters. The molecule has 2 amide bonds. The van der Waals surface area contributed by atoms with Crippen molar-refractivity contribution in [1.82, 2.24) is 5.32 Å². The van der Waals surface area contributed by atoms with Crippen LogP contribution < -0.4 is 20.1 Å². The van der Waals surface area contributed by atoms with Crippen LogP contribution in [0.15, 0.2) is 36.4 Å². The predicted octanol–water partition coefficient (Wildman–Crippen LogP) is 3.36. The Labute approximate surface area is 151 Å². The summed E-state index contributed by atoms with van der Waals surface area (Å²) in [5.41, 5.74) is 1.26. The average Bonchev–Trinajstić information content (AvgIpc) is 2.62. The molecular formula is C18H19ClN2O4. The Bertz CT molecular complexity index is 793. The zero-order valence-corrected chi connectivity index (χ0v) is 14.9. The van der Waals surface area contributed by atoms with Gasteiger partial charge in [-0.2, -0.15) is 0 Å². The molecule has 0 fully saturated rings. The second-order valence-electron chi connectivity index (χ2n) is 5.04. The summed E-state index contributed by atoms with van der Waals surface area (Å²) in [5.74, 6) is 0.155. The van der Waals surface area contributed by atoms with Gasteiger partial charge < -0.3 is 20.1 Å². The van der Waals surface area contributed by atoms with Crippen LogP contribution in [-0.2, 0) is 0 Å². The molecule has 2 aromatic carbocycles. The van der Waals surface area contributed by atoms with E-state index >= 15 is 0 Å². The molecule has 2 rings (SSSR count). The summed E-state index contributed by atoms with van der Waals surface area (Å²) < 4.78 is 10.7. The van der Waals surface area contributed by atoms with E-state index in [0.717, 1.165) is 0 Å². The van der Waals surface area contributed by atoms with E-state index in [1.807, 2.05) is 6.92 Å². The molecule has 0 aromatic heterocycles. The third kappa shape index (κ3) is 4.42. The lowest BCUT2D eigenvalue weighted by atomic mass is 10.1. The van der Waals surface area contributed by atoms with Crippen molar-refractivity contribution in [2.75, 3.05) is 26.1 Å². The molecule has 0 spiro atoms. The fourth-order valence-corrected chi connectivity index (χ4v) is 2.49. The first-order chi connectivity index (χ1) is 12.0. The maximum Gasteiger partial charge on any atom is 0.255 e. The van der Waals surface area contributed by atoms with Gasteiger partial charge in [-0.15, -0.1) is 0 Å². The van der Waals surface area contributed by atoms with E-state index < -0.39 is 0 Å². The number of rotatable bonds is 6. The van der Waals surface area contributed by atoms with Gasteiger partial charge in [-0.05, 0) is 37.3 Å². The summed E-state index contributed by atoms with van der Waals surface area (Å²) in [6, 6.07) is 9.68. The molecule has 0 aliphatic heterocycles. The molecule has 2 aromatic rings. The number of amides is 2. The lowest BCUT2D eigenvalue weighted by molar-refractivity contribution is 0.0961. The van der Waals surface area contributed by atoms with Crippen molar-refractivity contribution in [3.05, 3.63) is 52.5 Å². The second kappa shape index (κ2) is 8.39. The van der Waals surface area contributed by atoms with Crippen LogP contribution in [0.3, 0.4) is 0 Å². The van der Waals surface area contributed by atoms with Crippen molar-refractivity contribution in [3.8, 4) is 11.5 Å². The van der Waals surface area contributed by atoms with Gasteiger partial charge in [-0.1, -0.05) is 17.7 Å². The Morgan fingerprint density at radius 2 is 1.88 bits per heavy atom. The van der Waals surface area contributed by atoms with Crippen molar-refractivity contribution in [2.45, 2.75) is 6.92 Å². The smallest absolute Gasteiger partial charge is 0.255 e. The molecule has 0 saturated heterocycles. The number of hydrogen-bond acceptors (Lipinski definition) is 4. The van der Waals surface area contributed by atoms with E-state index in [2.05, 4.69) is 10.6 Å². The highest BCUT2D eigenvalue weighted by atomic mass is 35.5. The first-order valence-electron chi connectivity index (χ1n) is 7.64. The van der Waals surface area contributed by atoms with E-state index in [-0.39, 0.29) is 16.8 Å². The molecule has 7 heteroatoms. The number of methoxy groups -OCH3 is 1. The number of carbonyl (C=O) groups is 2. The lowest BCUT2D eigenvalue weighted by Crippen LogP contribution is -2.18. The van der Waals surface area contributed by atoms with E-state index in [0.29, 0.717) is 34.9 Å². The largest absolute Gasteiger partial charge is 0.493 e. The van der Waals surface area contributed by atoms with E-state index in [1.54, 1.807) is 37.4 Å². The Morgan fingerprint density at radius 3 is 2.52 bits per heavy atom. The van der Waals surface area contributed by atoms with Crippen LogP contribution >= 0.6 is 11.6 Å². The van der Waals surface area contributed by atoms with Gasteiger partial charge in [0, 0.05) is 23.9 Å². The summed E-state index contributed by atoms with van der Waals surface area (Å²) in [4.78, 5) is 24.2. The van der Waals surface area contributed by atoms with Gasteiger partial charge in [-0.3, -0.25) is 9.59 Å². The Kier molecular flexibility index (Phi) is 6.25. The molecule has 0 radical (unpaired) electrons. The number of benzene rings is 2. The zero-order chi connectivity index (χ0) is 18.4. The second-order valence-corrected chi connectivity index (χ2v) is 5.44. The van der Waals surface area contributed by atoms with E-state index in [9.17, 15) is 9.59 Å². The van der Waals surface area contributed by atoms with Gasteiger partial charge in [0.15, 0.2) is 11.5 Å². The number of ether oxygens (including phenoxy) is 2. The summed E-state index contributed by atoms with van der Waals surface area (Å²) in [6.45, 7) is 2.25. The van der Waals surface area contributed by atoms with Gasteiger partial charge >= 0.3 is 0 Å². The summed E-state index contributed by atoms with van der Waals surface area (Å²) in [5, 5.41) is 5.55. The fraction of sp³-hybridized carbons (Fsp3) is 0.222. The summed E-state index contributed by atoms with van der Waals surface area (Å²) >= 11 is 6.19. The van der Waals surface area contributed by atoms with Crippen LogP contribution in [0.4, 0.5) is 5.69 Å². The molecular weight excluding hydrogens is 344 g/mol. The van der Waals surface area contributed by atoms with Crippen LogP contribution in [0.5, 0.6) is 11.5 Å². The maximum atomic E-state index is 12.5. The minimum atomic E-state index is -0.377. The Balaban J connectivity index is 2.27. The zero-order valence-electron chi connectivity index (χ0n) is 14.2. The van der Waals surface area contributed by atoms with Crippen molar-refractivity contribution < 1.29 is 19.1 Å². The van der Waals surface area contributed by atoms with Crippen molar-refractivity contribution >= 4 is 29.1 Å². The molecule has 6 nitrogen and oxygen atoms in total. The topological polar surface area (TPSA) is 76.7 Å². The monoisotopic (exact) mass is 362 g/mol. The van der Waals surface area contributed by atoms with E-state index in [4.69, 9.17) is 21.1 Å². The quantitative estimate of drug-likeness (QED) is 0.826. The molecule has 0 aliphatic carbocycles. The fourth-order valence-electron chi connectivity index (χ4n) is 2.22. The van der Waals surface area contributed by atoms with Crippen LogP contribution in [0.1, 0.15) is 27.6 Å². The molecule has 0 heterocycles. The number of halogens is 1. The predicted molar refractivity (Wildman–Crippen MR) is 97.0 cm³/mol. The standard InChI is InChI=1S/C18H19ClN2O4/c1-4-25-16-14(19)9-12(10-15(16)24-3)18(23)21-13-7-5-6-11(8-13)17(22)20-2/h5-10H,4H2,1-3H3,(H,20,22)(H,21,23). The van der Waals surface area contributed by atoms with Gasteiger partial charge in [0.2, 0.25) is 0 Å². The van der Waals surface area contributed by atoms with Crippen LogP contribution in [-0.4, -0.2) is 32.6 Å². The number of anilines is 1. The van der Waals surface area contributed by atoms with Crippen LogP contribution in [0.2, 0.25) is 5.02 Å². The van der Waals surface area contributed by atoms with Gasteiger partial charge in [0.05, 0.1) is 18.7 Å². The Morgan fingerprint density at radius 1 is 1.12 bits per heavy atom. The lowest BCUT2D eigenvalue weighted by Gasteiger charge is -2.13. The van der Waals surface area contributed by atoms with Crippen molar-refractivity contribution in [1.29, 1.82) is 0 Å². The first-order valence-corrected chi connectivity index (χ1v) is 8.01. The highest BCUT2D eigenvalue weighted by Gasteiger charge is 2.16. The van der Waals surface area contributed by atoms with Gasteiger partial charge in [-0.25, -0.2) is 0 Å². The first kappa shape index (κ1) is 18.6. The van der Waals surface area contributed by atoms with Crippen molar-refractivity contribution in [2.24, 2.45) is 0 Å². The number of hydrogen-bond donors (Lipinski definition) is 2. The molecule has 0 unspecified atom stereocenters. The van der Waals surface area contributed by atoms with Crippen LogP contribution in [0, 0.1) is 0 Å². The minimum absolute atomic E-state index is 0.234. The summed E-state index contributed by atoms with van der Waals surface area (Å²) in [7, 11) is 3.02. The maximum absolute atomic E-state index is 12.5. The normalized spacial score (nSPS) is 10.1. The number of carbonyl (C=O) groups excluding carboxylic acids is 2. The molecule has 2 N–H and O–H groups in total. The number of nitrogens with one attached hydrogen (secondary N) is 2. The highest BCUT2D eigenvalue weighted by molar-refractivity contribution is 6.32. The molecule has 0 aliphatic rings. The summed E-state index contributed by atoms with van der Waals surface area (Å²) in [6.07, 6.45) is 0. The van der Waals surface area contributed by atoms with Gasteiger partial charge in [0.25, 0.3) is 11.8 Å². The van der Waals surface area contributed by atoms with Gasteiger partial charge in [0.1, 0.15) is 0 Å². The van der Waals surface area contributed by atoms with Crippen molar-refractivity contribution in [3.63, 3.8) is 0 Å². The third-order valence-corrected chi connectivity index (χ3v) is 3.67. The molecule has 25 heavy (non-hydrogen) atoms. The average molecular weight is 363 g/mol. The molecule has 132 valence electrons. The van der Waals surface area contributed by atoms with E-state index in [1.165, 1.54) is 13.2 Å². The molecule has 0 bridgehead atoms. The Hall–Kier alpha value is -2.73.